The summed E-state index contributed by atoms with van der Waals surface area (Å²) in [6.07, 6.45) is -3.89. The number of β-amino-alcohol motifs (C(OH)–C–C–N with tert-alkyl or cyclic N) is 1. The number of halogens is 4. The topological polar surface area (TPSA) is 107 Å². The molecule has 4 rings (SSSR count). The van der Waals surface area contributed by atoms with Crippen molar-refractivity contribution in [2.45, 2.75) is 68.7 Å². The van der Waals surface area contributed by atoms with Gasteiger partial charge in [0.15, 0.2) is 0 Å². The minimum absolute atomic E-state index is 0.0584. The molecule has 0 aromatic heterocycles. The predicted molar refractivity (Wildman–Crippen MR) is 163 cm³/mol. The maximum Gasteiger partial charge on any atom is 0.416 e. The van der Waals surface area contributed by atoms with Crippen LogP contribution in [0.4, 0.5) is 17.6 Å². The second-order valence-corrected chi connectivity index (χ2v) is 14.4. The first-order valence-electron chi connectivity index (χ1n) is 14.6. The number of carboxylic acids is 1. The van der Waals surface area contributed by atoms with Gasteiger partial charge in [-0.15, -0.1) is 0 Å². The molecule has 0 heterocycles. The summed E-state index contributed by atoms with van der Waals surface area (Å²) in [5.74, 6) is -1.47. The van der Waals surface area contributed by atoms with E-state index in [9.17, 15) is 35.9 Å². The lowest BCUT2D eigenvalue weighted by atomic mass is 9.88. The van der Waals surface area contributed by atoms with Crippen molar-refractivity contribution in [1.82, 2.24) is 9.62 Å². The molecule has 0 fully saturated rings. The Labute approximate surface area is 260 Å². The van der Waals surface area contributed by atoms with Crippen LogP contribution in [0.3, 0.4) is 0 Å². The summed E-state index contributed by atoms with van der Waals surface area (Å²) in [5, 5.41) is 23.1. The molecule has 7 nitrogen and oxygen atoms in total. The maximum absolute atomic E-state index is 14.0. The van der Waals surface area contributed by atoms with Crippen LogP contribution in [0.2, 0.25) is 0 Å². The van der Waals surface area contributed by atoms with E-state index < -0.39 is 51.0 Å². The van der Waals surface area contributed by atoms with Crippen LogP contribution in [-0.4, -0.2) is 60.7 Å². The van der Waals surface area contributed by atoms with Crippen molar-refractivity contribution < 1.29 is 41.0 Å². The number of aliphatic carboxylic acids is 1. The molecule has 0 aliphatic heterocycles. The van der Waals surface area contributed by atoms with Gasteiger partial charge in [-0.1, -0.05) is 30.3 Å². The van der Waals surface area contributed by atoms with Crippen LogP contribution in [-0.2, 0) is 40.3 Å². The Morgan fingerprint density at radius 1 is 1.04 bits per heavy atom. The molecular formula is C33H38F4N2O5S. The molecule has 244 valence electrons. The summed E-state index contributed by atoms with van der Waals surface area (Å²) < 4.78 is 83.6. The maximum atomic E-state index is 14.0. The summed E-state index contributed by atoms with van der Waals surface area (Å²) in [6, 6.07) is 13.8. The lowest BCUT2D eigenvalue weighted by Gasteiger charge is -2.31. The van der Waals surface area contributed by atoms with Crippen molar-refractivity contribution in [3.63, 3.8) is 0 Å². The van der Waals surface area contributed by atoms with Gasteiger partial charge in [-0.05, 0) is 104 Å². The summed E-state index contributed by atoms with van der Waals surface area (Å²) >= 11 is 0. The van der Waals surface area contributed by atoms with Gasteiger partial charge in [0.25, 0.3) is 0 Å². The van der Waals surface area contributed by atoms with Gasteiger partial charge in [-0.3, -0.25) is 4.79 Å². The standard InChI is InChI=1S/C33H38F4N2O5S/c1-32(2,18-21-12-22-6-4-5-7-23(22)13-21)38-19-28(40)20-39(3)45(43,44)29-16-25(14-26(17-29)33(35,36)37)30-10-9-27(34)15-24(30)8-11-31(41)42/h4-7,9-10,14-17,21,28,38,40H,8,11-13,18-20H2,1-3H3,(H,41,42). The highest BCUT2D eigenvalue weighted by Crippen LogP contribution is 2.37. The van der Waals surface area contributed by atoms with E-state index in [-0.39, 0.29) is 41.7 Å². The zero-order valence-corrected chi connectivity index (χ0v) is 26.2. The number of likely N-dealkylation sites (N-methyl/N-ethyl adjacent to an activating group) is 1. The van der Waals surface area contributed by atoms with Gasteiger partial charge in [-0.2, -0.15) is 17.5 Å². The van der Waals surface area contributed by atoms with Crippen LogP contribution < -0.4 is 5.32 Å². The lowest BCUT2D eigenvalue weighted by molar-refractivity contribution is -0.138. The van der Waals surface area contributed by atoms with Crippen molar-refractivity contribution >= 4 is 16.0 Å². The van der Waals surface area contributed by atoms with E-state index in [1.807, 2.05) is 26.0 Å². The largest absolute Gasteiger partial charge is 0.481 e. The fourth-order valence-corrected chi connectivity index (χ4v) is 7.26. The first-order chi connectivity index (χ1) is 20.9. The molecule has 0 amide bonds. The number of aryl methyl sites for hydroxylation is 1. The Balaban J connectivity index is 1.49. The van der Waals surface area contributed by atoms with E-state index in [0.717, 1.165) is 47.8 Å². The highest BCUT2D eigenvalue weighted by molar-refractivity contribution is 7.89. The van der Waals surface area contributed by atoms with Gasteiger partial charge in [0, 0.05) is 32.1 Å². The van der Waals surface area contributed by atoms with Crippen molar-refractivity contribution in [3.8, 4) is 11.1 Å². The van der Waals surface area contributed by atoms with Crippen LogP contribution in [0.5, 0.6) is 0 Å². The molecule has 0 saturated carbocycles. The Hall–Kier alpha value is -3.32. The minimum atomic E-state index is -4.91. The normalized spacial score (nSPS) is 15.0. The molecule has 3 N–H and O–H groups in total. The number of benzene rings is 3. The quantitative estimate of drug-likeness (QED) is 0.206. The highest BCUT2D eigenvalue weighted by atomic mass is 32.2. The molecule has 1 aliphatic rings. The minimum Gasteiger partial charge on any atom is -0.481 e. The molecule has 0 saturated heterocycles. The predicted octanol–water partition coefficient (Wildman–Crippen LogP) is 5.68. The van der Waals surface area contributed by atoms with E-state index in [1.54, 1.807) is 0 Å². The van der Waals surface area contributed by atoms with E-state index in [2.05, 4.69) is 17.4 Å². The number of carbonyl (C=O) groups is 1. The second kappa shape index (κ2) is 13.6. The van der Waals surface area contributed by atoms with Gasteiger partial charge in [-0.25, -0.2) is 12.8 Å². The summed E-state index contributed by atoms with van der Waals surface area (Å²) in [4.78, 5) is 10.4. The summed E-state index contributed by atoms with van der Waals surface area (Å²) in [7, 11) is -3.34. The number of fused-ring (bicyclic) bond motifs is 1. The van der Waals surface area contributed by atoms with Gasteiger partial charge in [0.05, 0.1) is 16.6 Å². The third-order valence-corrected chi connectivity index (χ3v) is 9.95. The molecular weight excluding hydrogens is 612 g/mol. The fraction of sp³-hybridized carbons (Fsp3) is 0.424. The average molecular weight is 651 g/mol. The number of alkyl halides is 3. The van der Waals surface area contributed by atoms with Gasteiger partial charge in [0.2, 0.25) is 10.0 Å². The van der Waals surface area contributed by atoms with Crippen LogP contribution in [0.25, 0.3) is 11.1 Å². The molecule has 3 aromatic carbocycles. The molecule has 0 radical (unpaired) electrons. The number of rotatable bonds is 13. The SMILES string of the molecule is CN(CC(O)CNC(C)(C)CC1Cc2ccccc2C1)S(=O)(=O)c1cc(-c2ccc(F)cc2CCC(=O)O)cc(C(F)(F)F)c1. The van der Waals surface area contributed by atoms with E-state index in [1.165, 1.54) is 24.2 Å². The van der Waals surface area contributed by atoms with Gasteiger partial charge < -0.3 is 15.5 Å². The Morgan fingerprint density at radius 2 is 1.69 bits per heavy atom. The number of carboxylic acid groups (broad SMARTS) is 1. The Bertz CT molecular complexity index is 1620. The number of aliphatic hydroxyl groups excluding tert-OH is 1. The van der Waals surface area contributed by atoms with E-state index in [4.69, 9.17) is 5.11 Å². The average Bonchev–Trinajstić information content (AvgIpc) is 3.36. The molecule has 12 heteroatoms. The fourth-order valence-electron chi connectivity index (χ4n) is 5.98. The second-order valence-electron chi connectivity index (χ2n) is 12.4. The van der Waals surface area contributed by atoms with Crippen molar-refractivity contribution in [2.24, 2.45) is 5.92 Å². The molecule has 45 heavy (non-hydrogen) atoms. The zero-order chi connectivity index (χ0) is 33.2. The van der Waals surface area contributed by atoms with Crippen molar-refractivity contribution in [2.75, 3.05) is 20.1 Å². The van der Waals surface area contributed by atoms with Crippen molar-refractivity contribution in [1.29, 1.82) is 0 Å². The first kappa shape index (κ1) is 34.6. The third-order valence-electron chi connectivity index (χ3n) is 8.15. The Kier molecular flexibility index (Phi) is 10.4. The first-order valence-corrected chi connectivity index (χ1v) is 16.1. The number of hydrogen-bond acceptors (Lipinski definition) is 5. The summed E-state index contributed by atoms with van der Waals surface area (Å²) in [6.45, 7) is 3.69. The zero-order valence-electron chi connectivity index (χ0n) is 25.4. The van der Waals surface area contributed by atoms with Gasteiger partial charge >= 0.3 is 12.1 Å². The van der Waals surface area contributed by atoms with Crippen molar-refractivity contribution in [3.05, 3.63) is 88.7 Å². The van der Waals surface area contributed by atoms with E-state index in [0.29, 0.717) is 12.0 Å². The molecule has 1 atom stereocenters. The van der Waals surface area contributed by atoms with Crippen LogP contribution >= 0.6 is 0 Å². The lowest BCUT2D eigenvalue weighted by Crippen LogP contribution is -2.47. The molecule has 0 spiro atoms. The van der Waals surface area contributed by atoms with Crippen LogP contribution in [0.1, 0.15) is 48.9 Å². The summed E-state index contributed by atoms with van der Waals surface area (Å²) in [5.41, 5.74) is 1.11. The number of nitrogens with zero attached hydrogens (tertiary/aromatic N) is 1. The van der Waals surface area contributed by atoms with Crippen LogP contribution in [0, 0.1) is 11.7 Å². The van der Waals surface area contributed by atoms with Gasteiger partial charge in [0.1, 0.15) is 5.82 Å². The molecule has 1 aliphatic carbocycles. The number of sulfonamides is 1. The molecule has 3 aromatic rings. The van der Waals surface area contributed by atoms with Crippen LogP contribution in [0.15, 0.2) is 65.6 Å². The number of hydrogen-bond donors (Lipinski definition) is 3. The molecule has 1 unspecified atom stereocenters. The monoisotopic (exact) mass is 650 g/mol. The van der Waals surface area contributed by atoms with E-state index >= 15 is 0 Å². The highest BCUT2D eigenvalue weighted by Gasteiger charge is 2.34. The third kappa shape index (κ3) is 8.90. The molecule has 0 bridgehead atoms. The smallest absolute Gasteiger partial charge is 0.416 e. The number of aliphatic hydroxyl groups is 1. The Morgan fingerprint density at radius 3 is 2.29 bits per heavy atom. The number of nitrogens with one attached hydrogen (secondary N) is 1.